The first-order chi connectivity index (χ1) is 10.5. The Kier molecular flexibility index (Phi) is 4.57. The highest BCUT2D eigenvalue weighted by atomic mass is 16.6. The van der Waals surface area contributed by atoms with E-state index in [4.69, 9.17) is 15.2 Å². The second kappa shape index (κ2) is 6.30. The minimum Gasteiger partial charge on any atom is -0.459 e. The van der Waals surface area contributed by atoms with Crippen LogP contribution in [0, 0.1) is 11.8 Å². The van der Waals surface area contributed by atoms with Crippen molar-refractivity contribution in [3.8, 4) is 0 Å². The first-order valence-corrected chi connectivity index (χ1v) is 8.50. The topological polar surface area (TPSA) is 76.9 Å². The Hall–Kier alpha value is -0.910. The van der Waals surface area contributed by atoms with Crippen molar-refractivity contribution in [2.75, 3.05) is 19.6 Å². The molecule has 0 aromatic rings. The minimum absolute atomic E-state index is 0.0711. The molecule has 124 valence electrons. The quantitative estimate of drug-likeness (QED) is 0.355. The fourth-order valence-corrected chi connectivity index (χ4v) is 3.93. The maximum atomic E-state index is 12.3. The van der Waals surface area contributed by atoms with E-state index in [1.54, 1.807) is 0 Å². The van der Waals surface area contributed by atoms with Crippen LogP contribution in [0.3, 0.4) is 0 Å². The summed E-state index contributed by atoms with van der Waals surface area (Å²) in [6, 6.07) is 0. The molecule has 5 atom stereocenters. The number of allylic oxidation sites excluding steroid dienone is 2. The molecule has 3 rings (SSSR count). The maximum Gasteiger partial charge on any atom is 0.311 e. The van der Waals surface area contributed by atoms with Gasteiger partial charge in [0.25, 0.3) is 0 Å². The van der Waals surface area contributed by atoms with E-state index in [9.17, 15) is 4.79 Å². The smallest absolute Gasteiger partial charge is 0.311 e. The summed E-state index contributed by atoms with van der Waals surface area (Å²) in [5, 5.41) is 3.27. The van der Waals surface area contributed by atoms with Gasteiger partial charge in [0.2, 0.25) is 0 Å². The highest BCUT2D eigenvalue weighted by Crippen LogP contribution is 2.50. The molecule has 2 fully saturated rings. The normalized spacial score (nSPS) is 43.6. The Labute approximate surface area is 132 Å². The first-order valence-electron chi connectivity index (χ1n) is 8.50. The largest absolute Gasteiger partial charge is 0.459 e. The molecular weight excluding hydrogens is 280 g/mol. The van der Waals surface area contributed by atoms with Crippen molar-refractivity contribution in [2.24, 2.45) is 17.6 Å². The van der Waals surface area contributed by atoms with Gasteiger partial charge in [-0.15, -0.1) is 0 Å². The van der Waals surface area contributed by atoms with Gasteiger partial charge in [-0.1, -0.05) is 11.6 Å². The zero-order valence-corrected chi connectivity index (χ0v) is 13.6. The summed E-state index contributed by atoms with van der Waals surface area (Å²) in [4.78, 5) is 12.3. The van der Waals surface area contributed by atoms with Gasteiger partial charge in [-0.2, -0.15) is 0 Å². The number of carbonyl (C=O) groups excluding carboxylic acids is 1. The van der Waals surface area contributed by atoms with Crippen LogP contribution in [0.1, 0.15) is 39.5 Å². The van der Waals surface area contributed by atoms with E-state index in [2.05, 4.69) is 25.2 Å². The lowest BCUT2D eigenvalue weighted by Gasteiger charge is -2.22. The van der Waals surface area contributed by atoms with Gasteiger partial charge in [0.1, 0.15) is 12.2 Å². The van der Waals surface area contributed by atoms with Gasteiger partial charge in [-0.25, -0.2) is 0 Å². The van der Waals surface area contributed by atoms with E-state index in [1.807, 2.05) is 0 Å². The van der Waals surface area contributed by atoms with Crippen molar-refractivity contribution in [3.05, 3.63) is 11.6 Å². The predicted octanol–water partition coefficient (Wildman–Crippen LogP) is 1.37. The van der Waals surface area contributed by atoms with Crippen molar-refractivity contribution in [1.29, 1.82) is 0 Å². The number of nitrogens with two attached hydrogens (primary N) is 1. The van der Waals surface area contributed by atoms with Crippen molar-refractivity contribution < 1.29 is 14.3 Å². The van der Waals surface area contributed by atoms with Crippen molar-refractivity contribution in [2.45, 2.75) is 57.3 Å². The Bertz CT molecular complexity index is 465. The monoisotopic (exact) mass is 308 g/mol. The third-order valence-corrected chi connectivity index (χ3v) is 5.42. The number of ether oxygens (including phenoxy) is 2. The third-order valence-electron chi connectivity index (χ3n) is 5.42. The zero-order chi connectivity index (χ0) is 15.7. The van der Waals surface area contributed by atoms with Gasteiger partial charge in [-0.05, 0) is 39.5 Å². The lowest BCUT2D eigenvalue weighted by Crippen LogP contribution is -2.35. The lowest BCUT2D eigenvalue weighted by molar-refractivity contribution is -0.144. The summed E-state index contributed by atoms with van der Waals surface area (Å²) in [7, 11) is 0. The van der Waals surface area contributed by atoms with E-state index in [1.165, 1.54) is 5.57 Å². The number of epoxide rings is 1. The van der Waals surface area contributed by atoms with Gasteiger partial charge < -0.3 is 20.5 Å². The molecule has 0 spiro atoms. The van der Waals surface area contributed by atoms with E-state index >= 15 is 0 Å². The van der Waals surface area contributed by atoms with Crippen LogP contribution < -0.4 is 11.1 Å². The minimum atomic E-state index is -0.114. The van der Waals surface area contributed by atoms with Gasteiger partial charge in [-0.3, -0.25) is 4.79 Å². The lowest BCUT2D eigenvalue weighted by atomic mass is 9.80. The van der Waals surface area contributed by atoms with Gasteiger partial charge in [0.05, 0.1) is 11.5 Å². The zero-order valence-electron chi connectivity index (χ0n) is 13.6. The summed E-state index contributed by atoms with van der Waals surface area (Å²) >= 11 is 0. The molecule has 2 saturated heterocycles. The average Bonchev–Trinajstić information content (AvgIpc) is 3.04. The summed E-state index contributed by atoms with van der Waals surface area (Å²) in [5.74, 6) is 0.0986. The molecule has 22 heavy (non-hydrogen) atoms. The van der Waals surface area contributed by atoms with Crippen LogP contribution in [-0.2, 0) is 14.3 Å². The second-order valence-electron chi connectivity index (χ2n) is 7.14. The van der Waals surface area contributed by atoms with Crippen molar-refractivity contribution in [3.63, 3.8) is 0 Å². The number of hydrogen-bond acceptors (Lipinski definition) is 5. The molecule has 0 saturated carbocycles. The third kappa shape index (κ3) is 3.07. The molecule has 3 aliphatic rings. The first kappa shape index (κ1) is 16.0. The van der Waals surface area contributed by atoms with Crippen LogP contribution in [0.4, 0.5) is 0 Å². The van der Waals surface area contributed by atoms with E-state index < -0.39 is 0 Å². The summed E-state index contributed by atoms with van der Waals surface area (Å²) < 4.78 is 11.7. The Morgan fingerprint density at radius 1 is 1.50 bits per heavy atom. The van der Waals surface area contributed by atoms with Crippen molar-refractivity contribution >= 4 is 5.97 Å². The summed E-state index contributed by atoms with van der Waals surface area (Å²) in [6.45, 7) is 6.31. The standard InChI is InChI=1S/C17H28N2O3/c1-11-4-3-7-17(2)15(22-17)14-12(6-5-11)13(16(20)21-14)10-19-9-8-18/h4,12-15,19H,3,5-10,18H2,1-2H3/b11-4+/t12-,13-,14-,15-,17+/m0/s1. The molecule has 5 heteroatoms. The second-order valence-corrected chi connectivity index (χ2v) is 7.14. The van der Waals surface area contributed by atoms with Crippen LogP contribution in [0.5, 0.6) is 0 Å². The fourth-order valence-electron chi connectivity index (χ4n) is 3.93. The molecule has 2 heterocycles. The van der Waals surface area contributed by atoms with Crippen LogP contribution >= 0.6 is 0 Å². The average molecular weight is 308 g/mol. The number of fused-ring (bicyclic) bond motifs is 3. The molecule has 3 N–H and O–H groups in total. The van der Waals surface area contributed by atoms with Crippen LogP contribution in [-0.4, -0.2) is 43.4 Å². The predicted molar refractivity (Wildman–Crippen MR) is 84.3 cm³/mol. The number of rotatable bonds is 4. The fraction of sp³-hybridized carbons (Fsp3) is 0.824. The summed E-state index contributed by atoms with van der Waals surface area (Å²) in [6.07, 6.45) is 6.40. The Balaban J connectivity index is 1.75. The number of hydrogen-bond donors (Lipinski definition) is 2. The SMILES string of the molecule is C/C1=C\CC[C@@]2(C)O[C@H]2[C@H]2OC(=O)[C@@H](CNCCN)[C@@H]2CC1. The molecule has 0 amide bonds. The molecule has 0 radical (unpaired) electrons. The number of nitrogens with one attached hydrogen (secondary N) is 1. The van der Waals surface area contributed by atoms with E-state index in [0.717, 1.165) is 32.2 Å². The molecule has 1 aliphatic carbocycles. The van der Waals surface area contributed by atoms with Gasteiger partial charge in [0, 0.05) is 25.6 Å². The van der Waals surface area contributed by atoms with Crippen LogP contribution in [0.2, 0.25) is 0 Å². The Morgan fingerprint density at radius 2 is 2.32 bits per heavy atom. The maximum absolute atomic E-state index is 12.3. The number of carbonyl (C=O) groups is 1. The highest BCUT2D eigenvalue weighted by Gasteiger charge is 2.62. The van der Waals surface area contributed by atoms with E-state index in [0.29, 0.717) is 13.1 Å². The van der Waals surface area contributed by atoms with Crippen LogP contribution in [0.25, 0.3) is 0 Å². The molecule has 0 aromatic heterocycles. The van der Waals surface area contributed by atoms with E-state index in [-0.39, 0.29) is 35.6 Å². The molecule has 2 aliphatic heterocycles. The van der Waals surface area contributed by atoms with Gasteiger partial charge >= 0.3 is 5.97 Å². The Morgan fingerprint density at radius 3 is 3.09 bits per heavy atom. The molecule has 0 aromatic carbocycles. The van der Waals surface area contributed by atoms with Gasteiger partial charge in [0.15, 0.2) is 0 Å². The highest BCUT2D eigenvalue weighted by molar-refractivity contribution is 5.75. The molecule has 0 unspecified atom stereocenters. The molecular formula is C17H28N2O3. The molecule has 5 nitrogen and oxygen atoms in total. The van der Waals surface area contributed by atoms with Crippen LogP contribution in [0.15, 0.2) is 11.6 Å². The number of esters is 1. The summed E-state index contributed by atoms with van der Waals surface area (Å²) in [5.41, 5.74) is 6.82. The van der Waals surface area contributed by atoms with Crippen molar-refractivity contribution in [1.82, 2.24) is 5.32 Å². The molecule has 0 bridgehead atoms.